The van der Waals surface area contributed by atoms with Gasteiger partial charge in [-0.25, -0.2) is 0 Å². The van der Waals surface area contributed by atoms with E-state index in [-0.39, 0.29) is 0 Å². The molecule has 1 saturated carbocycles. The van der Waals surface area contributed by atoms with Crippen LogP contribution >= 0.6 is 8.19 Å². The van der Waals surface area contributed by atoms with Crippen LogP contribution in [0.15, 0.2) is 12.0 Å². The molecular formula is C14H24NP. The van der Waals surface area contributed by atoms with E-state index in [1.165, 1.54) is 72.4 Å². The second-order valence-electron chi connectivity index (χ2n) is 5.08. The van der Waals surface area contributed by atoms with Crippen LogP contribution in [-0.4, -0.2) is 4.98 Å². The summed E-state index contributed by atoms with van der Waals surface area (Å²) in [7, 11) is 1.43. The van der Waals surface area contributed by atoms with Gasteiger partial charge in [0, 0.05) is 17.5 Å². The molecule has 2 rings (SSSR count). The molecule has 0 amide bonds. The number of nitrogens with one attached hydrogen (secondary N) is 1. The first kappa shape index (κ1) is 12.2. The number of H-pyrrole nitrogens is 1. The van der Waals surface area contributed by atoms with E-state index in [2.05, 4.69) is 17.0 Å². The molecule has 1 N–H and O–H groups in total. The van der Waals surface area contributed by atoms with Gasteiger partial charge in [-0.2, -0.15) is 0 Å². The van der Waals surface area contributed by atoms with E-state index in [1.807, 2.05) is 0 Å². The Bertz CT molecular complexity index is 256. The highest BCUT2D eigenvalue weighted by Crippen LogP contribution is 2.32. The zero-order chi connectivity index (χ0) is 11.1. The van der Waals surface area contributed by atoms with Crippen molar-refractivity contribution in [3.05, 3.63) is 17.4 Å². The van der Waals surface area contributed by atoms with Crippen LogP contribution in [0.4, 0.5) is 0 Å². The van der Waals surface area contributed by atoms with Gasteiger partial charge in [0.2, 0.25) is 0 Å². The molecular weight excluding hydrogens is 213 g/mol. The molecule has 0 aromatic carbocycles. The summed E-state index contributed by atoms with van der Waals surface area (Å²) in [5, 5.41) is 0. The van der Waals surface area contributed by atoms with Gasteiger partial charge in [0.05, 0.1) is 0 Å². The fourth-order valence-electron chi connectivity index (χ4n) is 2.76. The standard InChI is InChI=1S/C14H24NP/c1-2-4-6-8-10-13(9-7-5-3-1)14-15-11-12-16-14/h11-13,15H,1-10H2. The van der Waals surface area contributed by atoms with Crippen LogP contribution in [0.25, 0.3) is 0 Å². The van der Waals surface area contributed by atoms with Crippen molar-refractivity contribution in [2.75, 3.05) is 0 Å². The lowest BCUT2D eigenvalue weighted by Gasteiger charge is -2.14. The lowest BCUT2D eigenvalue weighted by Crippen LogP contribution is -1.98. The molecule has 16 heavy (non-hydrogen) atoms. The van der Waals surface area contributed by atoms with E-state index >= 15 is 0 Å². The van der Waals surface area contributed by atoms with Gasteiger partial charge in [0.25, 0.3) is 0 Å². The fourth-order valence-corrected chi connectivity index (χ4v) is 3.69. The largest absolute Gasteiger partial charge is 0.361 e. The first-order chi connectivity index (χ1) is 7.97. The molecule has 1 fully saturated rings. The Morgan fingerprint density at radius 3 is 1.94 bits per heavy atom. The highest BCUT2D eigenvalue weighted by molar-refractivity contribution is 7.30. The number of aromatic amines is 1. The molecule has 1 aliphatic rings. The van der Waals surface area contributed by atoms with Crippen LogP contribution in [0.5, 0.6) is 0 Å². The molecule has 1 aromatic heterocycles. The maximum atomic E-state index is 3.45. The smallest absolute Gasteiger partial charge is 0.0455 e. The van der Waals surface area contributed by atoms with Crippen molar-refractivity contribution in [1.82, 2.24) is 4.98 Å². The van der Waals surface area contributed by atoms with Crippen molar-refractivity contribution in [2.45, 2.75) is 70.1 Å². The number of aromatic nitrogens is 1. The fraction of sp³-hybridized carbons (Fsp3) is 0.786. The van der Waals surface area contributed by atoms with E-state index in [0.717, 1.165) is 5.92 Å². The lowest BCUT2D eigenvalue weighted by atomic mass is 9.96. The van der Waals surface area contributed by atoms with Crippen molar-refractivity contribution in [1.29, 1.82) is 0 Å². The van der Waals surface area contributed by atoms with Gasteiger partial charge >= 0.3 is 0 Å². The van der Waals surface area contributed by atoms with E-state index < -0.39 is 0 Å². The number of rotatable bonds is 1. The first-order valence-electron chi connectivity index (χ1n) is 6.96. The third kappa shape index (κ3) is 3.94. The third-order valence-electron chi connectivity index (χ3n) is 3.76. The summed E-state index contributed by atoms with van der Waals surface area (Å²) in [5.41, 5.74) is 1.57. The molecule has 0 aliphatic heterocycles. The van der Waals surface area contributed by atoms with Crippen LogP contribution in [0.3, 0.4) is 0 Å². The molecule has 0 bridgehead atoms. The van der Waals surface area contributed by atoms with Crippen molar-refractivity contribution in [3.63, 3.8) is 0 Å². The molecule has 1 heterocycles. The topological polar surface area (TPSA) is 15.8 Å². The Kier molecular flexibility index (Phi) is 5.42. The summed E-state index contributed by atoms with van der Waals surface area (Å²) in [6, 6.07) is 0. The molecule has 90 valence electrons. The zero-order valence-corrected chi connectivity index (χ0v) is 11.1. The van der Waals surface area contributed by atoms with Gasteiger partial charge in [0.15, 0.2) is 0 Å². The Morgan fingerprint density at radius 1 is 0.875 bits per heavy atom. The molecule has 0 unspecified atom stereocenters. The highest BCUT2D eigenvalue weighted by atomic mass is 31.0. The highest BCUT2D eigenvalue weighted by Gasteiger charge is 2.12. The predicted molar refractivity (Wildman–Crippen MR) is 72.2 cm³/mol. The molecule has 1 aliphatic carbocycles. The Labute approximate surface area is 101 Å². The zero-order valence-electron chi connectivity index (χ0n) is 10.3. The van der Waals surface area contributed by atoms with Gasteiger partial charge in [-0.15, -0.1) is 0 Å². The monoisotopic (exact) mass is 237 g/mol. The Hall–Kier alpha value is -0.290. The minimum Gasteiger partial charge on any atom is -0.361 e. The maximum Gasteiger partial charge on any atom is 0.0455 e. The van der Waals surface area contributed by atoms with Crippen molar-refractivity contribution in [2.24, 2.45) is 0 Å². The van der Waals surface area contributed by atoms with Crippen LogP contribution in [0, 0.1) is 0 Å². The van der Waals surface area contributed by atoms with Gasteiger partial charge < -0.3 is 4.98 Å². The Morgan fingerprint density at radius 2 is 1.44 bits per heavy atom. The lowest BCUT2D eigenvalue weighted by molar-refractivity contribution is 0.513. The van der Waals surface area contributed by atoms with Crippen molar-refractivity contribution >= 4 is 8.19 Å². The molecule has 0 saturated heterocycles. The molecule has 0 atom stereocenters. The summed E-state index contributed by atoms with van der Waals surface area (Å²) in [6.45, 7) is 0. The average molecular weight is 237 g/mol. The summed E-state index contributed by atoms with van der Waals surface area (Å²) >= 11 is 0. The maximum absolute atomic E-state index is 3.45. The molecule has 2 heteroatoms. The van der Waals surface area contributed by atoms with Gasteiger partial charge in [-0.1, -0.05) is 59.6 Å². The second kappa shape index (κ2) is 7.12. The summed E-state index contributed by atoms with van der Waals surface area (Å²) in [5.74, 6) is 3.08. The summed E-state index contributed by atoms with van der Waals surface area (Å²) in [4.78, 5) is 3.45. The van der Waals surface area contributed by atoms with Crippen LogP contribution in [0.2, 0.25) is 0 Å². The summed E-state index contributed by atoms with van der Waals surface area (Å²) < 4.78 is 0. The normalized spacial score (nSPS) is 22.0. The minimum absolute atomic E-state index is 0.842. The predicted octanol–water partition coefficient (Wildman–Crippen LogP) is 5.59. The first-order valence-corrected chi connectivity index (χ1v) is 7.92. The Balaban J connectivity index is 1.88. The van der Waals surface area contributed by atoms with E-state index in [4.69, 9.17) is 0 Å². The molecule has 1 aromatic rings. The SMILES string of the molecule is c1cpc(C2CCCCCCCCCC2)[nH]1. The van der Waals surface area contributed by atoms with Crippen LogP contribution in [-0.2, 0) is 0 Å². The third-order valence-corrected chi connectivity index (χ3v) is 4.83. The van der Waals surface area contributed by atoms with E-state index in [0.29, 0.717) is 0 Å². The van der Waals surface area contributed by atoms with Gasteiger partial charge in [-0.05, 0) is 18.6 Å². The summed E-state index contributed by atoms with van der Waals surface area (Å²) in [6.07, 6.45) is 16.6. The second-order valence-corrected chi connectivity index (χ2v) is 6.12. The molecule has 1 nitrogen and oxygen atoms in total. The van der Waals surface area contributed by atoms with Crippen molar-refractivity contribution in [3.8, 4) is 0 Å². The van der Waals surface area contributed by atoms with Crippen molar-refractivity contribution < 1.29 is 0 Å². The number of hydrogen-bond donors (Lipinski definition) is 1. The molecule has 0 radical (unpaired) electrons. The molecule has 0 spiro atoms. The van der Waals surface area contributed by atoms with Gasteiger partial charge in [-0.3, -0.25) is 0 Å². The van der Waals surface area contributed by atoms with Gasteiger partial charge in [0.1, 0.15) is 0 Å². The quantitative estimate of drug-likeness (QED) is 0.655. The van der Waals surface area contributed by atoms with Crippen LogP contribution in [0.1, 0.15) is 75.6 Å². The van der Waals surface area contributed by atoms with E-state index in [1.54, 1.807) is 5.43 Å². The van der Waals surface area contributed by atoms with E-state index in [9.17, 15) is 0 Å². The number of hydrogen-bond acceptors (Lipinski definition) is 0. The minimum atomic E-state index is 0.842. The average Bonchev–Trinajstić information content (AvgIpc) is 2.79. The van der Waals surface area contributed by atoms with Crippen LogP contribution < -0.4 is 0 Å².